The van der Waals surface area contributed by atoms with Crippen LogP contribution in [0.4, 0.5) is 13.2 Å². The van der Waals surface area contributed by atoms with Gasteiger partial charge in [-0.25, -0.2) is 22.8 Å². The zero-order chi connectivity index (χ0) is 27.9. The highest BCUT2D eigenvalue weighted by atomic mass is 19.2. The monoisotopic (exact) mass is 527 g/mol. The topological polar surface area (TPSA) is 141 Å². The maximum atomic E-state index is 13.8. The Morgan fingerprint density at radius 3 is 2.14 bits per heavy atom. The van der Waals surface area contributed by atoms with Gasteiger partial charge in [-0.1, -0.05) is 13.8 Å². The zero-order valence-corrected chi connectivity index (χ0v) is 20.7. The molecule has 3 rings (SSSR count). The summed E-state index contributed by atoms with van der Waals surface area (Å²) >= 11 is 0. The molecule has 2 fully saturated rings. The smallest absolute Gasteiger partial charge is 0.328 e. The van der Waals surface area contributed by atoms with Crippen molar-refractivity contribution in [1.29, 1.82) is 0 Å². The van der Waals surface area contributed by atoms with E-state index in [2.05, 4.69) is 0 Å². The lowest BCUT2D eigenvalue weighted by Gasteiger charge is -2.26. The molecule has 0 aromatic heterocycles. The molecule has 2 amide bonds. The number of benzene rings is 1. The summed E-state index contributed by atoms with van der Waals surface area (Å²) in [5, 5.41) is 15.6. The van der Waals surface area contributed by atoms with E-state index in [1.54, 1.807) is 4.90 Å². The van der Waals surface area contributed by atoms with Gasteiger partial charge in [0.15, 0.2) is 11.6 Å². The van der Waals surface area contributed by atoms with Crippen molar-refractivity contribution in [1.82, 2.24) is 9.80 Å². The first-order valence-electron chi connectivity index (χ1n) is 11.9. The van der Waals surface area contributed by atoms with Gasteiger partial charge in [-0.2, -0.15) is 0 Å². The first kappa shape index (κ1) is 29.8. The van der Waals surface area contributed by atoms with Gasteiger partial charge in [0.05, 0.1) is 6.04 Å². The van der Waals surface area contributed by atoms with Crippen LogP contribution in [-0.4, -0.2) is 75.5 Å². The Balaban J connectivity index is 0.000000521. The molecule has 9 nitrogen and oxygen atoms in total. The number of nitrogens with zero attached hydrogens (tertiary/aromatic N) is 2. The molecule has 2 heterocycles. The number of nitrogens with two attached hydrogens (primary N) is 1. The summed E-state index contributed by atoms with van der Waals surface area (Å²) in [5.74, 6) is -5.25. The minimum absolute atomic E-state index is 0.00851. The van der Waals surface area contributed by atoms with E-state index < -0.39 is 35.4 Å². The number of carboxylic acid groups (broad SMARTS) is 2. The number of carbonyl (C=O) groups is 4. The second kappa shape index (κ2) is 13.2. The van der Waals surface area contributed by atoms with Gasteiger partial charge in [-0.3, -0.25) is 9.59 Å². The molecule has 1 aromatic rings. The van der Waals surface area contributed by atoms with E-state index in [0.717, 1.165) is 12.5 Å². The standard InChI is InChI=1S/C21H28F3N3O2.C4H4O4/c1-12(2)5-20(28)26-10-13-3-4-27(19(13)11-26)21(29)8-15(25)6-14-7-17(23)18(24)9-16(14)22;5-3(6)1-2-4(7)8/h7,9,12-13,15,19H,3-6,8,10-11,25H2,1-2H3;1-2H,(H,5,6)(H,7,8)/t13-,15+,19+;/m0./s1. The van der Waals surface area contributed by atoms with Crippen molar-refractivity contribution in [2.24, 2.45) is 17.6 Å². The summed E-state index contributed by atoms with van der Waals surface area (Å²) < 4.78 is 40.2. The summed E-state index contributed by atoms with van der Waals surface area (Å²) in [6, 6.07) is 0.563. The lowest BCUT2D eigenvalue weighted by Crippen LogP contribution is -2.43. The Hall–Kier alpha value is -3.41. The third-order valence-electron chi connectivity index (χ3n) is 6.18. The van der Waals surface area contributed by atoms with E-state index in [-0.39, 0.29) is 48.1 Å². The van der Waals surface area contributed by atoms with Crippen molar-refractivity contribution < 1.29 is 42.6 Å². The maximum Gasteiger partial charge on any atom is 0.328 e. The van der Waals surface area contributed by atoms with Gasteiger partial charge < -0.3 is 25.7 Å². The first-order valence-corrected chi connectivity index (χ1v) is 11.9. The highest BCUT2D eigenvalue weighted by molar-refractivity contribution is 5.89. The minimum Gasteiger partial charge on any atom is -0.478 e. The Bertz CT molecular complexity index is 1030. The molecule has 2 aliphatic heterocycles. The number of likely N-dealkylation sites (tertiary alicyclic amines) is 2. The van der Waals surface area contributed by atoms with Gasteiger partial charge in [0.2, 0.25) is 11.8 Å². The summed E-state index contributed by atoms with van der Waals surface area (Å²) in [6.45, 7) is 5.83. The molecular formula is C25H32F3N3O6. The average Bonchev–Trinajstić information content (AvgIpc) is 3.37. The SMILES string of the molecule is CC(C)CC(=O)N1C[C@@H]2CCN(C(=O)C[C@H](N)Cc3cc(F)c(F)cc3F)[C@@H]2C1.O=C(O)C=CC(=O)O. The highest BCUT2D eigenvalue weighted by Crippen LogP contribution is 2.32. The number of fused-ring (bicyclic) bond motifs is 1. The summed E-state index contributed by atoms with van der Waals surface area (Å²) in [6.07, 6.45) is 2.38. The maximum absolute atomic E-state index is 13.8. The van der Waals surface area contributed by atoms with Crippen LogP contribution in [0.3, 0.4) is 0 Å². The molecule has 4 N–H and O–H groups in total. The van der Waals surface area contributed by atoms with E-state index in [4.69, 9.17) is 15.9 Å². The summed E-state index contributed by atoms with van der Waals surface area (Å²) in [5.41, 5.74) is 5.96. The van der Waals surface area contributed by atoms with Crippen LogP contribution in [0.25, 0.3) is 0 Å². The molecule has 1 aromatic carbocycles. The predicted molar refractivity (Wildman–Crippen MR) is 127 cm³/mol. The van der Waals surface area contributed by atoms with Crippen molar-refractivity contribution in [2.45, 2.75) is 51.6 Å². The number of halogens is 3. The summed E-state index contributed by atoms with van der Waals surface area (Å²) in [7, 11) is 0. The Morgan fingerprint density at radius 2 is 1.57 bits per heavy atom. The first-order chi connectivity index (χ1) is 17.3. The number of carbonyl (C=O) groups excluding carboxylic acids is 2. The van der Waals surface area contributed by atoms with Crippen molar-refractivity contribution in [2.75, 3.05) is 19.6 Å². The number of hydrogen-bond acceptors (Lipinski definition) is 5. The predicted octanol–water partition coefficient (Wildman–Crippen LogP) is 2.18. The Labute approximate surface area is 212 Å². The van der Waals surface area contributed by atoms with Crippen molar-refractivity contribution in [3.05, 3.63) is 47.3 Å². The van der Waals surface area contributed by atoms with E-state index >= 15 is 0 Å². The van der Waals surface area contributed by atoms with Crippen LogP contribution in [0.2, 0.25) is 0 Å². The quantitative estimate of drug-likeness (QED) is 0.348. The zero-order valence-electron chi connectivity index (χ0n) is 20.7. The van der Waals surface area contributed by atoms with E-state index in [0.29, 0.717) is 44.3 Å². The molecule has 0 aliphatic carbocycles. The molecule has 3 atom stereocenters. The number of amides is 2. The van der Waals surface area contributed by atoms with Crippen LogP contribution in [0.5, 0.6) is 0 Å². The third kappa shape index (κ3) is 8.88. The van der Waals surface area contributed by atoms with Gasteiger partial charge in [0.1, 0.15) is 5.82 Å². The Morgan fingerprint density at radius 1 is 0.973 bits per heavy atom. The van der Waals surface area contributed by atoms with Crippen molar-refractivity contribution in [3.8, 4) is 0 Å². The third-order valence-corrected chi connectivity index (χ3v) is 6.18. The van der Waals surface area contributed by atoms with E-state index in [1.807, 2.05) is 18.7 Å². The molecule has 0 saturated carbocycles. The molecule has 12 heteroatoms. The molecule has 204 valence electrons. The van der Waals surface area contributed by atoms with Crippen LogP contribution in [0, 0.1) is 29.3 Å². The van der Waals surface area contributed by atoms with Gasteiger partial charge >= 0.3 is 11.9 Å². The van der Waals surface area contributed by atoms with Gasteiger partial charge in [-0.05, 0) is 30.4 Å². The molecule has 2 aliphatic rings. The molecule has 37 heavy (non-hydrogen) atoms. The fourth-order valence-electron chi connectivity index (χ4n) is 4.51. The van der Waals surface area contributed by atoms with Crippen LogP contribution < -0.4 is 5.73 Å². The second-order valence-electron chi connectivity index (χ2n) is 9.64. The Kier molecular flexibility index (Phi) is 10.7. The molecule has 0 spiro atoms. The number of rotatable bonds is 8. The van der Waals surface area contributed by atoms with Crippen LogP contribution in [-0.2, 0) is 25.6 Å². The average molecular weight is 528 g/mol. The van der Waals surface area contributed by atoms with Crippen LogP contribution in [0.1, 0.15) is 38.7 Å². The van der Waals surface area contributed by atoms with E-state index in [9.17, 15) is 32.3 Å². The van der Waals surface area contributed by atoms with Crippen LogP contribution in [0.15, 0.2) is 24.3 Å². The number of aliphatic carboxylic acids is 2. The molecule has 0 bridgehead atoms. The molecular weight excluding hydrogens is 495 g/mol. The number of carboxylic acids is 2. The lowest BCUT2D eigenvalue weighted by molar-refractivity contribution is -0.135. The van der Waals surface area contributed by atoms with E-state index in [1.165, 1.54) is 0 Å². The molecule has 0 unspecified atom stereocenters. The number of hydrogen-bond donors (Lipinski definition) is 3. The van der Waals surface area contributed by atoms with Crippen molar-refractivity contribution in [3.63, 3.8) is 0 Å². The van der Waals surface area contributed by atoms with Gasteiger partial charge in [0, 0.05) is 62.7 Å². The fraction of sp³-hybridized carbons (Fsp3) is 0.520. The van der Waals surface area contributed by atoms with Crippen LogP contribution >= 0.6 is 0 Å². The lowest BCUT2D eigenvalue weighted by atomic mass is 10.0. The summed E-state index contributed by atoms with van der Waals surface area (Å²) in [4.78, 5) is 47.8. The normalized spacial score (nSPS) is 19.5. The largest absolute Gasteiger partial charge is 0.478 e. The van der Waals surface area contributed by atoms with Crippen molar-refractivity contribution >= 4 is 23.8 Å². The minimum atomic E-state index is -1.26. The molecule has 2 saturated heterocycles. The van der Waals surface area contributed by atoms with Gasteiger partial charge in [0.25, 0.3) is 0 Å². The molecule has 0 radical (unpaired) electrons. The van der Waals surface area contributed by atoms with Gasteiger partial charge in [-0.15, -0.1) is 0 Å². The second-order valence-corrected chi connectivity index (χ2v) is 9.64. The fourth-order valence-corrected chi connectivity index (χ4v) is 4.51. The highest BCUT2D eigenvalue weighted by Gasteiger charge is 2.44.